The van der Waals surface area contributed by atoms with Crippen molar-refractivity contribution < 1.29 is 23.9 Å². The van der Waals surface area contributed by atoms with Gasteiger partial charge in [-0.3, -0.25) is 4.79 Å². The maximum Gasteiger partial charge on any atom is 0.335 e. The fraction of sp³-hybridized carbons (Fsp3) is 0.308. The molecule has 0 radical (unpaired) electrons. The van der Waals surface area contributed by atoms with Gasteiger partial charge in [0.15, 0.2) is 0 Å². The first-order valence-electron chi connectivity index (χ1n) is 6.16. The summed E-state index contributed by atoms with van der Waals surface area (Å²) in [5.74, 6) is -2.31. The molecular formula is C13H16FN3O4. The number of carboxylic acids is 1. The van der Waals surface area contributed by atoms with Crippen molar-refractivity contribution in [3.8, 4) is 0 Å². The molecule has 114 valence electrons. The van der Waals surface area contributed by atoms with E-state index in [2.05, 4.69) is 10.6 Å². The molecule has 0 bridgehead atoms. The molecule has 1 rings (SSSR count). The van der Waals surface area contributed by atoms with Crippen LogP contribution in [0.4, 0.5) is 14.9 Å². The molecule has 3 amide bonds. The van der Waals surface area contributed by atoms with Gasteiger partial charge in [0.05, 0.1) is 17.8 Å². The summed E-state index contributed by atoms with van der Waals surface area (Å²) < 4.78 is 13.5. The number of rotatable bonds is 5. The highest BCUT2D eigenvalue weighted by molar-refractivity contribution is 5.94. The molecule has 8 heteroatoms. The molecule has 0 unspecified atom stereocenters. The van der Waals surface area contributed by atoms with Crippen molar-refractivity contribution in [2.24, 2.45) is 0 Å². The van der Waals surface area contributed by atoms with Crippen molar-refractivity contribution in [3.63, 3.8) is 0 Å². The number of carbonyl (C=O) groups is 3. The summed E-state index contributed by atoms with van der Waals surface area (Å²) in [7, 11) is 1.58. The Hall–Kier alpha value is -2.64. The predicted octanol–water partition coefficient (Wildman–Crippen LogP) is 1.12. The van der Waals surface area contributed by atoms with Crippen LogP contribution in [0.15, 0.2) is 18.2 Å². The molecule has 21 heavy (non-hydrogen) atoms. The molecule has 0 fully saturated rings. The third kappa shape index (κ3) is 4.75. The molecule has 1 aromatic carbocycles. The number of carboxylic acid groups (broad SMARTS) is 1. The molecule has 0 spiro atoms. The fourth-order valence-electron chi connectivity index (χ4n) is 1.39. The van der Waals surface area contributed by atoms with E-state index in [1.54, 1.807) is 14.0 Å². The number of nitrogens with zero attached hydrogens (tertiary/aromatic N) is 1. The molecule has 0 heterocycles. The Bertz CT molecular complexity index is 562. The number of nitrogens with one attached hydrogen (secondary N) is 2. The molecule has 3 N–H and O–H groups in total. The summed E-state index contributed by atoms with van der Waals surface area (Å²) in [4.78, 5) is 35.2. The fourth-order valence-corrected chi connectivity index (χ4v) is 1.39. The summed E-state index contributed by atoms with van der Waals surface area (Å²) in [5.41, 5.74) is -0.433. The first kappa shape index (κ1) is 16.4. The van der Waals surface area contributed by atoms with Crippen molar-refractivity contribution in [1.29, 1.82) is 0 Å². The Balaban J connectivity index is 2.65. The van der Waals surface area contributed by atoms with Crippen LogP contribution in [0.1, 0.15) is 17.3 Å². The zero-order chi connectivity index (χ0) is 16.0. The van der Waals surface area contributed by atoms with E-state index in [4.69, 9.17) is 5.11 Å². The number of amides is 3. The van der Waals surface area contributed by atoms with Gasteiger partial charge in [0.2, 0.25) is 5.91 Å². The predicted molar refractivity (Wildman–Crippen MR) is 73.7 cm³/mol. The van der Waals surface area contributed by atoms with E-state index in [0.29, 0.717) is 6.54 Å². The number of urea groups is 1. The van der Waals surface area contributed by atoms with Crippen molar-refractivity contribution >= 4 is 23.6 Å². The third-order valence-corrected chi connectivity index (χ3v) is 2.76. The van der Waals surface area contributed by atoms with Gasteiger partial charge < -0.3 is 20.6 Å². The number of likely N-dealkylation sites (N-methyl/N-ethyl adjacent to an activating group) is 1. The van der Waals surface area contributed by atoms with Gasteiger partial charge in [-0.2, -0.15) is 0 Å². The van der Waals surface area contributed by atoms with Crippen LogP contribution in [0.2, 0.25) is 0 Å². The SMILES string of the molecule is CCN(C)C(=O)CNC(=O)Nc1cc(C(=O)O)ccc1F. The van der Waals surface area contributed by atoms with Gasteiger partial charge in [-0.1, -0.05) is 0 Å². The Kier molecular flexibility index (Phi) is 5.65. The lowest BCUT2D eigenvalue weighted by molar-refractivity contribution is -0.128. The Labute approximate surface area is 120 Å². The molecule has 1 aromatic rings. The highest BCUT2D eigenvalue weighted by atomic mass is 19.1. The summed E-state index contributed by atoms with van der Waals surface area (Å²) in [5, 5.41) is 13.2. The Morgan fingerprint density at radius 3 is 2.57 bits per heavy atom. The third-order valence-electron chi connectivity index (χ3n) is 2.76. The highest BCUT2D eigenvalue weighted by Gasteiger charge is 2.12. The van der Waals surface area contributed by atoms with E-state index < -0.39 is 17.8 Å². The van der Waals surface area contributed by atoms with E-state index in [1.807, 2.05) is 0 Å². The second kappa shape index (κ2) is 7.22. The average Bonchev–Trinajstić information content (AvgIpc) is 2.45. The number of benzene rings is 1. The molecule has 0 atom stereocenters. The maximum atomic E-state index is 13.5. The topological polar surface area (TPSA) is 98.7 Å². The molecule has 0 saturated carbocycles. The average molecular weight is 297 g/mol. The summed E-state index contributed by atoms with van der Waals surface area (Å²) >= 11 is 0. The van der Waals surface area contributed by atoms with Crippen LogP contribution in [-0.2, 0) is 4.79 Å². The van der Waals surface area contributed by atoms with Crippen LogP contribution in [-0.4, -0.2) is 48.1 Å². The quantitative estimate of drug-likeness (QED) is 0.758. The number of halogens is 1. The van der Waals surface area contributed by atoms with E-state index in [0.717, 1.165) is 18.2 Å². The lowest BCUT2D eigenvalue weighted by Gasteiger charge is -2.15. The van der Waals surface area contributed by atoms with Gasteiger partial charge in [0, 0.05) is 13.6 Å². The largest absolute Gasteiger partial charge is 0.478 e. The normalized spacial score (nSPS) is 9.86. The smallest absolute Gasteiger partial charge is 0.335 e. The van der Waals surface area contributed by atoms with Crippen molar-refractivity contribution in [2.75, 3.05) is 25.5 Å². The van der Waals surface area contributed by atoms with Crippen LogP contribution >= 0.6 is 0 Å². The number of anilines is 1. The molecule has 0 aliphatic heterocycles. The van der Waals surface area contributed by atoms with E-state index in [-0.39, 0.29) is 23.7 Å². The van der Waals surface area contributed by atoms with E-state index >= 15 is 0 Å². The molecule has 0 aromatic heterocycles. The van der Waals surface area contributed by atoms with Crippen molar-refractivity contribution in [1.82, 2.24) is 10.2 Å². The maximum absolute atomic E-state index is 13.5. The van der Waals surface area contributed by atoms with Crippen LogP contribution in [0.3, 0.4) is 0 Å². The molecule has 0 aliphatic rings. The minimum atomic E-state index is -1.24. The van der Waals surface area contributed by atoms with Gasteiger partial charge in [0.25, 0.3) is 0 Å². The second-order valence-corrected chi connectivity index (χ2v) is 4.22. The Morgan fingerprint density at radius 1 is 1.33 bits per heavy atom. The van der Waals surface area contributed by atoms with E-state index in [9.17, 15) is 18.8 Å². The van der Waals surface area contributed by atoms with Crippen LogP contribution < -0.4 is 10.6 Å². The number of hydrogen-bond donors (Lipinski definition) is 3. The molecular weight excluding hydrogens is 281 g/mol. The van der Waals surface area contributed by atoms with Gasteiger partial charge in [0.1, 0.15) is 5.82 Å². The van der Waals surface area contributed by atoms with Gasteiger partial charge in [-0.25, -0.2) is 14.0 Å². The Morgan fingerprint density at radius 2 is 2.00 bits per heavy atom. The minimum absolute atomic E-state index is 0.159. The zero-order valence-electron chi connectivity index (χ0n) is 11.6. The first-order valence-corrected chi connectivity index (χ1v) is 6.16. The molecule has 0 saturated heterocycles. The lowest BCUT2D eigenvalue weighted by atomic mass is 10.2. The molecule has 0 aliphatic carbocycles. The first-order chi connectivity index (χ1) is 9.85. The van der Waals surface area contributed by atoms with Crippen LogP contribution in [0, 0.1) is 5.82 Å². The molecule has 7 nitrogen and oxygen atoms in total. The van der Waals surface area contributed by atoms with Crippen LogP contribution in [0.5, 0.6) is 0 Å². The van der Waals surface area contributed by atoms with Gasteiger partial charge >= 0.3 is 12.0 Å². The lowest BCUT2D eigenvalue weighted by Crippen LogP contribution is -2.39. The summed E-state index contributed by atoms with van der Waals surface area (Å²) in [6.07, 6.45) is 0. The summed E-state index contributed by atoms with van der Waals surface area (Å²) in [6.45, 7) is 2.04. The standard InChI is InChI=1S/C13H16FN3O4/c1-3-17(2)11(18)7-15-13(21)16-10-6-8(12(19)20)4-5-9(10)14/h4-6H,3,7H2,1-2H3,(H,19,20)(H2,15,16,21). The zero-order valence-corrected chi connectivity index (χ0v) is 11.6. The number of carbonyl (C=O) groups excluding carboxylic acids is 2. The highest BCUT2D eigenvalue weighted by Crippen LogP contribution is 2.16. The van der Waals surface area contributed by atoms with Gasteiger partial charge in [-0.05, 0) is 25.1 Å². The number of hydrogen-bond acceptors (Lipinski definition) is 3. The summed E-state index contributed by atoms with van der Waals surface area (Å²) in [6, 6.07) is 2.22. The van der Waals surface area contributed by atoms with Crippen LogP contribution in [0.25, 0.3) is 0 Å². The monoisotopic (exact) mass is 297 g/mol. The minimum Gasteiger partial charge on any atom is -0.478 e. The van der Waals surface area contributed by atoms with Gasteiger partial charge in [-0.15, -0.1) is 0 Å². The van der Waals surface area contributed by atoms with E-state index in [1.165, 1.54) is 4.90 Å². The van der Waals surface area contributed by atoms with Crippen molar-refractivity contribution in [3.05, 3.63) is 29.6 Å². The van der Waals surface area contributed by atoms with Crippen molar-refractivity contribution in [2.45, 2.75) is 6.92 Å². The number of aromatic carboxylic acids is 1. The second-order valence-electron chi connectivity index (χ2n) is 4.22.